The lowest BCUT2D eigenvalue weighted by Gasteiger charge is -2.18. The molecule has 0 bridgehead atoms. The predicted molar refractivity (Wildman–Crippen MR) is 116 cm³/mol. The third kappa shape index (κ3) is 9.98. The van der Waals surface area contributed by atoms with Crippen molar-refractivity contribution in [2.24, 2.45) is 17.8 Å². The maximum absolute atomic E-state index is 12.3. The van der Waals surface area contributed by atoms with E-state index in [1.807, 2.05) is 0 Å². The van der Waals surface area contributed by atoms with Gasteiger partial charge in [0.1, 0.15) is 11.6 Å². The second-order valence-corrected chi connectivity index (χ2v) is 8.74. The SMILES string of the molecule is CCCCC[C@H](C)C[C@H](O)/C=C/[C@H]1[C@H](O)CC(=O)[C@@H]1CC(=O)CCCCC(=O)OC. The van der Waals surface area contributed by atoms with E-state index in [4.69, 9.17) is 0 Å². The average Bonchev–Trinajstić information content (AvgIpc) is 2.96. The summed E-state index contributed by atoms with van der Waals surface area (Å²) in [5, 5.41) is 20.6. The monoisotopic (exact) mass is 424 g/mol. The summed E-state index contributed by atoms with van der Waals surface area (Å²) in [6.07, 6.45) is 9.16. The van der Waals surface area contributed by atoms with Gasteiger partial charge in [-0.3, -0.25) is 14.4 Å². The fraction of sp³-hybridized carbons (Fsp3) is 0.792. The minimum atomic E-state index is -0.806. The van der Waals surface area contributed by atoms with Gasteiger partial charge in [0, 0.05) is 37.5 Å². The second-order valence-electron chi connectivity index (χ2n) is 8.74. The number of Topliss-reactive ketones (excluding diaryl/α,β-unsaturated/α-hetero) is 2. The number of ketones is 2. The highest BCUT2D eigenvalue weighted by Gasteiger charge is 2.40. The quantitative estimate of drug-likeness (QED) is 0.236. The second kappa shape index (κ2) is 14.5. The van der Waals surface area contributed by atoms with Crippen molar-refractivity contribution in [1.29, 1.82) is 0 Å². The number of hydrogen-bond donors (Lipinski definition) is 2. The molecule has 0 aromatic carbocycles. The molecule has 0 aromatic rings. The van der Waals surface area contributed by atoms with Crippen LogP contribution in [-0.4, -0.2) is 47.1 Å². The van der Waals surface area contributed by atoms with Crippen molar-refractivity contribution in [3.63, 3.8) is 0 Å². The molecule has 1 fully saturated rings. The fourth-order valence-corrected chi connectivity index (χ4v) is 4.14. The maximum Gasteiger partial charge on any atom is 0.305 e. The van der Waals surface area contributed by atoms with E-state index in [1.165, 1.54) is 20.0 Å². The highest BCUT2D eigenvalue weighted by atomic mass is 16.5. The van der Waals surface area contributed by atoms with Crippen molar-refractivity contribution in [3.05, 3.63) is 12.2 Å². The van der Waals surface area contributed by atoms with E-state index >= 15 is 0 Å². The summed E-state index contributed by atoms with van der Waals surface area (Å²) in [5.74, 6) is -0.966. The Morgan fingerprint density at radius 1 is 1.20 bits per heavy atom. The van der Waals surface area contributed by atoms with Crippen LogP contribution in [-0.2, 0) is 19.1 Å². The van der Waals surface area contributed by atoms with Crippen LogP contribution in [0.4, 0.5) is 0 Å². The molecule has 172 valence electrons. The van der Waals surface area contributed by atoms with E-state index in [1.54, 1.807) is 12.2 Å². The highest BCUT2D eigenvalue weighted by Crippen LogP contribution is 2.34. The Balaban J connectivity index is 2.50. The van der Waals surface area contributed by atoms with Crippen LogP contribution in [0.1, 0.15) is 84.5 Å². The van der Waals surface area contributed by atoms with Crippen LogP contribution in [0, 0.1) is 17.8 Å². The number of ether oxygens (including phenoxy) is 1. The third-order valence-electron chi connectivity index (χ3n) is 5.99. The van der Waals surface area contributed by atoms with E-state index < -0.39 is 24.0 Å². The lowest BCUT2D eigenvalue weighted by Crippen LogP contribution is -2.22. The largest absolute Gasteiger partial charge is 0.469 e. The molecular weight excluding hydrogens is 384 g/mol. The molecule has 30 heavy (non-hydrogen) atoms. The first-order valence-corrected chi connectivity index (χ1v) is 11.4. The van der Waals surface area contributed by atoms with Crippen LogP contribution in [0.5, 0.6) is 0 Å². The summed E-state index contributed by atoms with van der Waals surface area (Å²) < 4.78 is 4.57. The van der Waals surface area contributed by atoms with Crippen molar-refractivity contribution >= 4 is 17.5 Å². The van der Waals surface area contributed by atoms with Gasteiger partial charge < -0.3 is 14.9 Å². The van der Waals surface area contributed by atoms with Crippen LogP contribution in [0.15, 0.2) is 12.2 Å². The van der Waals surface area contributed by atoms with E-state index in [9.17, 15) is 24.6 Å². The van der Waals surface area contributed by atoms with Crippen molar-refractivity contribution < 1.29 is 29.3 Å². The number of hydrogen-bond acceptors (Lipinski definition) is 6. The molecule has 0 heterocycles. The normalized spacial score (nSPS) is 23.6. The van der Waals surface area contributed by atoms with Crippen LogP contribution < -0.4 is 0 Å². The topological polar surface area (TPSA) is 101 Å². The summed E-state index contributed by atoms with van der Waals surface area (Å²) >= 11 is 0. The standard InChI is InChI=1S/C24H40O6/c1-4-5-6-9-17(2)14-19(26)12-13-20-21(23(28)16-22(20)27)15-18(25)10-7-8-11-24(29)30-3/h12-13,17,19-22,26-27H,4-11,14-16H2,1-3H3/b13-12+/t17-,19+,20+,21+,22+/m0/s1. The van der Waals surface area contributed by atoms with Gasteiger partial charge in [-0.15, -0.1) is 0 Å². The molecule has 6 nitrogen and oxygen atoms in total. The van der Waals surface area contributed by atoms with Gasteiger partial charge in [0.2, 0.25) is 0 Å². The van der Waals surface area contributed by atoms with Crippen LogP contribution in [0.2, 0.25) is 0 Å². The lowest BCUT2D eigenvalue weighted by molar-refractivity contribution is -0.140. The Morgan fingerprint density at radius 3 is 2.57 bits per heavy atom. The number of unbranched alkanes of at least 4 members (excludes halogenated alkanes) is 3. The first-order valence-electron chi connectivity index (χ1n) is 11.4. The molecule has 5 atom stereocenters. The minimum absolute atomic E-state index is 0.0317. The van der Waals surface area contributed by atoms with Crippen molar-refractivity contribution in [2.45, 2.75) is 96.7 Å². The molecule has 2 N–H and O–H groups in total. The number of aliphatic hydroxyl groups is 2. The Hall–Kier alpha value is -1.53. The molecule has 1 rings (SSSR count). The first kappa shape index (κ1) is 26.5. The van der Waals surface area contributed by atoms with Gasteiger partial charge in [0.15, 0.2) is 0 Å². The molecular formula is C24H40O6. The molecule has 0 amide bonds. The first-order chi connectivity index (χ1) is 14.3. The smallest absolute Gasteiger partial charge is 0.305 e. The average molecular weight is 425 g/mol. The van der Waals surface area contributed by atoms with E-state index in [0.29, 0.717) is 31.6 Å². The number of carbonyl (C=O) groups is 3. The van der Waals surface area contributed by atoms with Crippen LogP contribution in [0.3, 0.4) is 0 Å². The number of aliphatic hydroxyl groups excluding tert-OH is 2. The molecule has 1 aliphatic rings. The third-order valence-corrected chi connectivity index (χ3v) is 5.99. The molecule has 1 aliphatic carbocycles. The van der Waals surface area contributed by atoms with Gasteiger partial charge in [-0.05, 0) is 25.2 Å². The van der Waals surface area contributed by atoms with Crippen molar-refractivity contribution in [3.8, 4) is 0 Å². The van der Waals surface area contributed by atoms with E-state index in [2.05, 4.69) is 18.6 Å². The predicted octanol–water partition coefficient (Wildman–Crippen LogP) is 3.77. The zero-order chi connectivity index (χ0) is 22.5. The van der Waals surface area contributed by atoms with Gasteiger partial charge in [0.25, 0.3) is 0 Å². The number of esters is 1. The Bertz CT molecular complexity index is 570. The summed E-state index contributed by atoms with van der Waals surface area (Å²) in [4.78, 5) is 35.7. The lowest BCUT2D eigenvalue weighted by atomic mass is 9.87. The molecule has 0 radical (unpaired) electrons. The molecule has 0 aliphatic heterocycles. The molecule has 0 saturated heterocycles. The van der Waals surface area contributed by atoms with E-state index in [-0.39, 0.29) is 36.8 Å². The summed E-state index contributed by atoms with van der Waals surface area (Å²) in [7, 11) is 1.34. The van der Waals surface area contributed by atoms with Crippen LogP contribution >= 0.6 is 0 Å². The summed E-state index contributed by atoms with van der Waals surface area (Å²) in [6, 6.07) is 0. The van der Waals surface area contributed by atoms with Gasteiger partial charge in [-0.25, -0.2) is 0 Å². The number of methoxy groups -OCH3 is 1. The molecule has 0 unspecified atom stereocenters. The number of rotatable bonds is 15. The van der Waals surface area contributed by atoms with Crippen molar-refractivity contribution in [1.82, 2.24) is 0 Å². The van der Waals surface area contributed by atoms with Crippen molar-refractivity contribution in [2.75, 3.05) is 7.11 Å². The zero-order valence-electron chi connectivity index (χ0n) is 18.8. The van der Waals surface area contributed by atoms with E-state index in [0.717, 1.165) is 12.8 Å². The van der Waals surface area contributed by atoms with Gasteiger partial charge in [-0.1, -0.05) is 51.7 Å². The Labute approximate surface area is 181 Å². The Kier molecular flexibility index (Phi) is 12.8. The molecule has 1 saturated carbocycles. The van der Waals surface area contributed by atoms with Gasteiger partial charge in [-0.2, -0.15) is 0 Å². The Morgan fingerprint density at radius 2 is 1.90 bits per heavy atom. The maximum atomic E-state index is 12.3. The zero-order valence-corrected chi connectivity index (χ0v) is 18.8. The molecule has 6 heteroatoms. The van der Waals surface area contributed by atoms with Gasteiger partial charge in [0.05, 0.1) is 19.3 Å². The highest BCUT2D eigenvalue weighted by molar-refractivity contribution is 5.90. The minimum Gasteiger partial charge on any atom is -0.469 e. The molecule has 0 spiro atoms. The van der Waals surface area contributed by atoms with Gasteiger partial charge >= 0.3 is 5.97 Å². The van der Waals surface area contributed by atoms with Crippen LogP contribution in [0.25, 0.3) is 0 Å². The fourth-order valence-electron chi connectivity index (χ4n) is 4.14. The summed E-state index contributed by atoms with van der Waals surface area (Å²) in [6.45, 7) is 4.29. The number of carbonyl (C=O) groups excluding carboxylic acids is 3. The molecule has 0 aromatic heterocycles. The summed E-state index contributed by atoms with van der Waals surface area (Å²) in [5.41, 5.74) is 0.